The van der Waals surface area contributed by atoms with Gasteiger partial charge in [0.2, 0.25) is 5.88 Å². The minimum Gasteiger partial charge on any atom is -0.480 e. The van der Waals surface area contributed by atoms with E-state index in [0.29, 0.717) is 18.5 Å². The molecule has 0 amide bonds. The van der Waals surface area contributed by atoms with Gasteiger partial charge in [0.05, 0.1) is 47.0 Å². The molecule has 0 radical (unpaired) electrons. The standard InChI is InChI=1S/C27H39BN4O4Si/c1-26(2)27(3,4)36-28(35-26)20-15-32(17-34-11-12-37(6,7)8)22-14-29-21(13-19(20)22)23-24(18-9-10-18)30-16-31-25(23)33-5/h13-16,18H,9-12,17H2,1-8H3. The molecule has 3 aromatic heterocycles. The van der Waals surface area contributed by atoms with Crippen LogP contribution in [0.4, 0.5) is 0 Å². The summed E-state index contributed by atoms with van der Waals surface area (Å²) in [6.45, 7) is 16.6. The zero-order valence-electron chi connectivity index (χ0n) is 23.4. The van der Waals surface area contributed by atoms with Crippen molar-refractivity contribution in [2.45, 2.75) is 90.1 Å². The molecular formula is C27H39BN4O4Si. The second-order valence-electron chi connectivity index (χ2n) is 12.5. The molecule has 10 heteroatoms. The first kappa shape index (κ1) is 26.3. The molecule has 0 aromatic carbocycles. The number of pyridine rings is 1. The normalized spacial score (nSPS) is 19.1. The highest BCUT2D eigenvalue weighted by molar-refractivity contribution is 6.76. The molecule has 1 aliphatic carbocycles. The van der Waals surface area contributed by atoms with Crippen molar-refractivity contribution in [3.63, 3.8) is 0 Å². The Morgan fingerprint density at radius 2 is 1.78 bits per heavy atom. The van der Waals surface area contributed by atoms with Crippen LogP contribution in [0.1, 0.15) is 52.1 Å². The second-order valence-corrected chi connectivity index (χ2v) is 18.1. The molecule has 2 fully saturated rings. The van der Waals surface area contributed by atoms with Gasteiger partial charge in [0.25, 0.3) is 0 Å². The fourth-order valence-corrected chi connectivity index (χ4v) is 5.36. The lowest BCUT2D eigenvalue weighted by Crippen LogP contribution is -2.41. The molecule has 37 heavy (non-hydrogen) atoms. The molecule has 1 aliphatic heterocycles. The van der Waals surface area contributed by atoms with E-state index in [2.05, 4.69) is 74.1 Å². The Bertz CT molecular complexity index is 1280. The summed E-state index contributed by atoms with van der Waals surface area (Å²) in [6, 6.07) is 3.22. The SMILES string of the molecule is COc1ncnc(C2CC2)c1-c1cc2c(B3OC(C)(C)C(C)(C)O3)cn(COCC[Si](C)(C)C)c2cn1. The van der Waals surface area contributed by atoms with Crippen LogP contribution in [-0.2, 0) is 20.8 Å². The van der Waals surface area contributed by atoms with Crippen LogP contribution >= 0.6 is 0 Å². The summed E-state index contributed by atoms with van der Waals surface area (Å²) in [4.78, 5) is 13.9. The van der Waals surface area contributed by atoms with Gasteiger partial charge in [-0.1, -0.05) is 19.6 Å². The van der Waals surface area contributed by atoms with Crippen LogP contribution in [-0.4, -0.2) is 59.6 Å². The Hall–Kier alpha value is -2.27. The van der Waals surface area contributed by atoms with Crippen LogP contribution in [0, 0.1) is 0 Å². The van der Waals surface area contributed by atoms with Gasteiger partial charge in [-0.2, -0.15) is 0 Å². The molecular weight excluding hydrogens is 483 g/mol. The number of hydrogen-bond donors (Lipinski definition) is 0. The first-order chi connectivity index (χ1) is 17.4. The van der Waals surface area contributed by atoms with Crippen LogP contribution in [0.5, 0.6) is 5.88 Å². The summed E-state index contributed by atoms with van der Waals surface area (Å²) in [5.74, 6) is 0.978. The number of ether oxygens (including phenoxy) is 2. The van der Waals surface area contributed by atoms with Gasteiger partial charge in [-0.05, 0) is 52.6 Å². The van der Waals surface area contributed by atoms with Crippen LogP contribution in [0.15, 0.2) is 24.8 Å². The zero-order chi connectivity index (χ0) is 26.6. The molecule has 8 nitrogen and oxygen atoms in total. The topological polar surface area (TPSA) is 80.5 Å². The fraction of sp³-hybridized carbons (Fsp3) is 0.593. The van der Waals surface area contributed by atoms with Gasteiger partial charge in [0, 0.05) is 37.6 Å². The Labute approximate surface area is 221 Å². The van der Waals surface area contributed by atoms with E-state index >= 15 is 0 Å². The van der Waals surface area contributed by atoms with E-state index in [1.807, 2.05) is 6.20 Å². The van der Waals surface area contributed by atoms with Gasteiger partial charge in [-0.3, -0.25) is 4.98 Å². The third-order valence-corrected chi connectivity index (χ3v) is 9.49. The molecule has 0 spiro atoms. The molecule has 0 N–H and O–H groups in total. The van der Waals surface area contributed by atoms with Crippen molar-refractivity contribution in [1.82, 2.24) is 19.5 Å². The molecule has 1 saturated heterocycles. The zero-order valence-corrected chi connectivity index (χ0v) is 24.4. The predicted octanol–water partition coefficient (Wildman–Crippen LogP) is 4.99. The van der Waals surface area contributed by atoms with E-state index in [1.54, 1.807) is 13.4 Å². The largest absolute Gasteiger partial charge is 0.497 e. The van der Waals surface area contributed by atoms with Crippen molar-refractivity contribution in [2.75, 3.05) is 13.7 Å². The van der Waals surface area contributed by atoms with E-state index in [0.717, 1.165) is 58.8 Å². The maximum atomic E-state index is 6.46. The Kier molecular flexibility index (Phi) is 6.75. The van der Waals surface area contributed by atoms with Crippen LogP contribution in [0.25, 0.3) is 22.2 Å². The molecule has 0 bridgehead atoms. The smallest absolute Gasteiger partial charge is 0.480 e. The number of hydrogen-bond acceptors (Lipinski definition) is 7. The van der Waals surface area contributed by atoms with Gasteiger partial charge in [-0.25, -0.2) is 9.97 Å². The fourth-order valence-electron chi connectivity index (χ4n) is 4.60. The summed E-state index contributed by atoms with van der Waals surface area (Å²) >= 11 is 0. The summed E-state index contributed by atoms with van der Waals surface area (Å²) < 4.78 is 26.8. The maximum Gasteiger partial charge on any atom is 0.497 e. The van der Waals surface area contributed by atoms with Gasteiger partial charge < -0.3 is 23.3 Å². The highest BCUT2D eigenvalue weighted by atomic mass is 28.3. The maximum absolute atomic E-state index is 6.46. The lowest BCUT2D eigenvalue weighted by atomic mass is 9.79. The van der Waals surface area contributed by atoms with Crippen LogP contribution < -0.4 is 10.2 Å². The number of rotatable bonds is 9. The van der Waals surface area contributed by atoms with Crippen molar-refractivity contribution < 1.29 is 18.8 Å². The number of nitrogens with zero attached hydrogens (tertiary/aromatic N) is 4. The van der Waals surface area contributed by atoms with E-state index in [-0.39, 0.29) is 0 Å². The van der Waals surface area contributed by atoms with Crippen LogP contribution in [0.2, 0.25) is 25.7 Å². The number of aromatic nitrogens is 4. The van der Waals surface area contributed by atoms with Crippen molar-refractivity contribution >= 4 is 31.6 Å². The van der Waals surface area contributed by atoms with Gasteiger partial charge in [0.1, 0.15) is 13.1 Å². The molecule has 3 aromatic rings. The lowest BCUT2D eigenvalue weighted by molar-refractivity contribution is 0.00578. The molecule has 1 saturated carbocycles. The Morgan fingerprint density at radius 1 is 1.08 bits per heavy atom. The van der Waals surface area contributed by atoms with Gasteiger partial charge >= 0.3 is 7.12 Å². The highest BCUT2D eigenvalue weighted by Gasteiger charge is 2.52. The van der Waals surface area contributed by atoms with Crippen molar-refractivity contribution in [3.05, 3.63) is 30.5 Å². The third-order valence-electron chi connectivity index (χ3n) is 7.79. The average Bonchev–Trinajstić information content (AvgIpc) is 3.57. The van der Waals surface area contributed by atoms with E-state index < -0.39 is 26.4 Å². The van der Waals surface area contributed by atoms with E-state index in [9.17, 15) is 0 Å². The molecule has 0 unspecified atom stereocenters. The summed E-state index contributed by atoms with van der Waals surface area (Å²) in [5.41, 5.74) is 3.73. The molecule has 5 rings (SSSR count). The van der Waals surface area contributed by atoms with Crippen LogP contribution in [0.3, 0.4) is 0 Å². The Balaban J connectivity index is 1.57. The molecule has 198 valence electrons. The minimum atomic E-state index is -1.17. The number of methoxy groups -OCH3 is 1. The lowest BCUT2D eigenvalue weighted by Gasteiger charge is -2.32. The number of fused-ring (bicyclic) bond motifs is 1. The monoisotopic (exact) mass is 522 g/mol. The first-order valence-electron chi connectivity index (χ1n) is 13.2. The quantitative estimate of drug-likeness (QED) is 0.289. The minimum absolute atomic E-state index is 0.427. The van der Waals surface area contributed by atoms with E-state index in [1.165, 1.54) is 0 Å². The first-order valence-corrected chi connectivity index (χ1v) is 16.9. The molecule has 0 atom stereocenters. The van der Waals surface area contributed by atoms with E-state index in [4.69, 9.17) is 23.8 Å². The second kappa shape index (κ2) is 9.48. The highest BCUT2D eigenvalue weighted by Crippen LogP contribution is 2.45. The summed E-state index contributed by atoms with van der Waals surface area (Å²) in [7, 11) is -0.0247. The average molecular weight is 523 g/mol. The molecule has 4 heterocycles. The summed E-state index contributed by atoms with van der Waals surface area (Å²) in [5, 5.41) is 1.02. The predicted molar refractivity (Wildman–Crippen MR) is 149 cm³/mol. The molecule has 2 aliphatic rings. The van der Waals surface area contributed by atoms with Crippen molar-refractivity contribution in [2.24, 2.45) is 0 Å². The van der Waals surface area contributed by atoms with Gasteiger partial charge in [0.15, 0.2) is 0 Å². The third kappa shape index (κ3) is 5.21. The van der Waals surface area contributed by atoms with Crippen molar-refractivity contribution in [1.29, 1.82) is 0 Å². The summed E-state index contributed by atoms with van der Waals surface area (Å²) in [6.07, 6.45) is 7.83. The van der Waals surface area contributed by atoms with Gasteiger partial charge in [-0.15, -0.1) is 0 Å². The van der Waals surface area contributed by atoms with Crippen molar-refractivity contribution in [3.8, 4) is 17.1 Å². The Morgan fingerprint density at radius 3 is 2.41 bits per heavy atom.